The number of methoxy groups -OCH3 is 1. The minimum atomic E-state index is -1.36. The molecule has 0 radical (unpaired) electrons. The molecule has 0 spiro atoms. The van der Waals surface area contributed by atoms with Gasteiger partial charge in [-0.1, -0.05) is 18.2 Å². The van der Waals surface area contributed by atoms with Gasteiger partial charge in [0.2, 0.25) is 5.91 Å². The number of fused-ring (bicyclic) bond motifs is 4. The molecule has 1 fully saturated rings. The Morgan fingerprint density at radius 2 is 1.96 bits per heavy atom. The molecular weight excluding hydrogens is 598 g/mol. The number of carbonyl (C=O) groups is 3. The average Bonchev–Trinajstić information content (AvgIpc) is 3.47. The predicted octanol–water partition coefficient (Wildman–Crippen LogP) is 0.711. The molecule has 46 heavy (non-hydrogen) atoms. The fraction of sp³-hybridized carbons (Fsp3) is 0.394. The van der Waals surface area contributed by atoms with E-state index in [2.05, 4.69) is 10.2 Å². The molecule has 0 saturated carbocycles. The number of ether oxygens (including phenoxy) is 3. The first kappa shape index (κ1) is 31.4. The summed E-state index contributed by atoms with van der Waals surface area (Å²) in [6.07, 6.45) is -0.259. The zero-order valence-corrected chi connectivity index (χ0v) is 25.2. The molecule has 1 aromatic heterocycles. The Labute approximate surface area is 263 Å². The number of nitrogens with one attached hydrogen (secondary N) is 1. The highest BCUT2D eigenvalue weighted by Gasteiger charge is 2.51. The number of aliphatic hydroxyl groups is 2. The SMILES string of the molecule is COc1cc(C=O)cc2c1O[C@@H]1[C@@H](O)[C@H](N(CCN3CCOCC3)C(=O)c3cc4ccccc4oc3=O)C=C(C(=O)NCCO)[C@H]21. The predicted molar refractivity (Wildman–Crippen MR) is 164 cm³/mol. The summed E-state index contributed by atoms with van der Waals surface area (Å²) in [5, 5.41) is 24.6. The lowest BCUT2D eigenvalue weighted by atomic mass is 9.77. The van der Waals surface area contributed by atoms with Crippen LogP contribution in [0.1, 0.15) is 32.2 Å². The van der Waals surface area contributed by atoms with Gasteiger partial charge in [0.1, 0.15) is 29.6 Å². The van der Waals surface area contributed by atoms with E-state index in [1.54, 1.807) is 30.3 Å². The Morgan fingerprint density at radius 3 is 2.70 bits per heavy atom. The highest BCUT2D eigenvalue weighted by atomic mass is 16.5. The molecule has 3 heterocycles. The number of benzene rings is 2. The molecule has 2 aromatic carbocycles. The number of carbonyl (C=O) groups excluding carboxylic acids is 3. The standard InChI is InChI=1S/C33H35N3O10/c1-43-26-15-19(18-38)14-21-27-22(31(40)34-6-11-37)17-24(28(39)30(27)46-29(21)26)36(8-7-35-9-12-44-13-10-35)32(41)23-16-20-4-2-3-5-25(20)45-33(23)42/h2-5,14-18,24,27-28,30,37,39H,6-13H2,1H3,(H,34,40)/t24-,27+,28+,30+/m1/s1. The minimum Gasteiger partial charge on any atom is -0.493 e. The van der Waals surface area contributed by atoms with Crippen LogP contribution in [0.25, 0.3) is 11.0 Å². The van der Waals surface area contributed by atoms with Gasteiger partial charge in [-0.3, -0.25) is 19.3 Å². The van der Waals surface area contributed by atoms with Crippen LogP contribution in [0, 0.1) is 0 Å². The van der Waals surface area contributed by atoms with Crippen molar-refractivity contribution in [3.63, 3.8) is 0 Å². The van der Waals surface area contributed by atoms with E-state index in [-0.39, 0.29) is 47.9 Å². The Bertz CT molecular complexity index is 1730. The highest BCUT2D eigenvalue weighted by Crippen LogP contribution is 2.51. The van der Waals surface area contributed by atoms with Gasteiger partial charge in [-0.25, -0.2) is 4.79 Å². The molecule has 3 aliphatic rings. The number of para-hydroxylation sites is 1. The quantitative estimate of drug-likeness (QED) is 0.213. The van der Waals surface area contributed by atoms with Crippen LogP contribution in [0.2, 0.25) is 0 Å². The summed E-state index contributed by atoms with van der Waals surface area (Å²) in [6.45, 7) is 2.50. The van der Waals surface area contributed by atoms with E-state index in [0.29, 0.717) is 55.7 Å². The average molecular weight is 634 g/mol. The smallest absolute Gasteiger partial charge is 0.349 e. The fourth-order valence-electron chi connectivity index (χ4n) is 6.38. The molecule has 2 amide bonds. The number of aldehydes is 1. The number of hydrogen-bond donors (Lipinski definition) is 3. The van der Waals surface area contributed by atoms with Crippen molar-refractivity contribution in [1.82, 2.24) is 15.1 Å². The zero-order chi connectivity index (χ0) is 32.4. The minimum absolute atomic E-state index is 0.0377. The van der Waals surface area contributed by atoms with Crippen molar-refractivity contribution in [2.75, 3.05) is 59.7 Å². The van der Waals surface area contributed by atoms with Crippen LogP contribution < -0.4 is 20.4 Å². The Kier molecular flexibility index (Phi) is 9.17. The van der Waals surface area contributed by atoms with Crippen molar-refractivity contribution >= 4 is 29.1 Å². The molecule has 2 aliphatic heterocycles. The molecule has 3 N–H and O–H groups in total. The maximum absolute atomic E-state index is 14.3. The lowest BCUT2D eigenvalue weighted by molar-refractivity contribution is -0.118. The summed E-state index contributed by atoms with van der Waals surface area (Å²) in [5.74, 6) is -1.53. The fourth-order valence-corrected chi connectivity index (χ4v) is 6.38. The van der Waals surface area contributed by atoms with Crippen LogP contribution in [0.5, 0.6) is 11.5 Å². The summed E-state index contributed by atoms with van der Waals surface area (Å²) >= 11 is 0. The van der Waals surface area contributed by atoms with Gasteiger partial charge in [-0.2, -0.15) is 0 Å². The van der Waals surface area contributed by atoms with Crippen LogP contribution in [0.4, 0.5) is 0 Å². The maximum Gasteiger partial charge on any atom is 0.349 e. The molecule has 6 rings (SSSR count). The molecule has 3 aromatic rings. The molecule has 13 nitrogen and oxygen atoms in total. The monoisotopic (exact) mass is 633 g/mol. The number of rotatable bonds is 10. The van der Waals surface area contributed by atoms with Crippen molar-refractivity contribution in [2.45, 2.75) is 24.2 Å². The van der Waals surface area contributed by atoms with E-state index in [1.165, 1.54) is 30.2 Å². The largest absolute Gasteiger partial charge is 0.493 e. The van der Waals surface area contributed by atoms with Gasteiger partial charge in [0.15, 0.2) is 11.5 Å². The molecule has 1 aliphatic carbocycles. The van der Waals surface area contributed by atoms with Crippen molar-refractivity contribution in [2.24, 2.45) is 0 Å². The van der Waals surface area contributed by atoms with E-state index in [9.17, 15) is 29.4 Å². The molecule has 0 unspecified atom stereocenters. The highest BCUT2D eigenvalue weighted by molar-refractivity contribution is 5.99. The van der Waals surface area contributed by atoms with Gasteiger partial charge in [0, 0.05) is 54.8 Å². The number of aliphatic hydroxyl groups excluding tert-OH is 2. The second-order valence-electron chi connectivity index (χ2n) is 11.3. The number of morpholine rings is 1. The van der Waals surface area contributed by atoms with E-state index < -0.39 is 41.6 Å². The van der Waals surface area contributed by atoms with Crippen LogP contribution in [-0.4, -0.2) is 116 Å². The van der Waals surface area contributed by atoms with Crippen molar-refractivity contribution < 1.29 is 43.2 Å². The van der Waals surface area contributed by atoms with E-state index in [0.717, 1.165) is 0 Å². The topological polar surface area (TPSA) is 168 Å². The van der Waals surface area contributed by atoms with Gasteiger partial charge in [-0.15, -0.1) is 0 Å². The lowest BCUT2D eigenvalue weighted by Crippen LogP contribution is -2.57. The van der Waals surface area contributed by atoms with E-state index >= 15 is 0 Å². The summed E-state index contributed by atoms with van der Waals surface area (Å²) in [4.78, 5) is 56.3. The Morgan fingerprint density at radius 1 is 1.17 bits per heavy atom. The van der Waals surface area contributed by atoms with Crippen LogP contribution in [0.3, 0.4) is 0 Å². The molecule has 1 saturated heterocycles. The Balaban J connectivity index is 1.44. The van der Waals surface area contributed by atoms with Crippen molar-refractivity contribution in [3.8, 4) is 11.5 Å². The van der Waals surface area contributed by atoms with Gasteiger partial charge in [0.25, 0.3) is 5.91 Å². The van der Waals surface area contributed by atoms with Crippen LogP contribution >= 0.6 is 0 Å². The third-order valence-electron chi connectivity index (χ3n) is 8.66. The Hall–Kier alpha value is -4.56. The maximum atomic E-state index is 14.3. The number of hydrogen-bond acceptors (Lipinski definition) is 11. The molecule has 13 heteroatoms. The first-order valence-electron chi connectivity index (χ1n) is 15.1. The lowest BCUT2D eigenvalue weighted by Gasteiger charge is -2.41. The number of amides is 2. The van der Waals surface area contributed by atoms with Gasteiger partial charge >= 0.3 is 5.63 Å². The van der Waals surface area contributed by atoms with Crippen LogP contribution in [0.15, 0.2) is 63.3 Å². The molecule has 4 atom stereocenters. The zero-order valence-electron chi connectivity index (χ0n) is 25.2. The van der Waals surface area contributed by atoms with E-state index in [4.69, 9.17) is 18.6 Å². The molecular formula is C33H35N3O10. The first-order chi connectivity index (χ1) is 22.3. The second kappa shape index (κ2) is 13.4. The third-order valence-corrected chi connectivity index (χ3v) is 8.66. The van der Waals surface area contributed by atoms with Crippen molar-refractivity contribution in [1.29, 1.82) is 0 Å². The summed E-state index contributed by atoms with van der Waals surface area (Å²) in [5.41, 5.74) is 0.208. The van der Waals surface area contributed by atoms with Gasteiger partial charge in [0.05, 0.1) is 38.9 Å². The molecule has 0 bridgehead atoms. The summed E-state index contributed by atoms with van der Waals surface area (Å²) < 4.78 is 22.7. The first-order valence-corrected chi connectivity index (χ1v) is 15.1. The normalized spacial score (nSPS) is 22.3. The van der Waals surface area contributed by atoms with Crippen LogP contribution in [-0.2, 0) is 9.53 Å². The third kappa shape index (κ3) is 5.89. The summed E-state index contributed by atoms with van der Waals surface area (Å²) in [6, 6.07) is 10.3. The molecule has 242 valence electrons. The summed E-state index contributed by atoms with van der Waals surface area (Å²) in [7, 11) is 1.42. The van der Waals surface area contributed by atoms with Crippen molar-refractivity contribution in [3.05, 3.63) is 81.2 Å². The van der Waals surface area contributed by atoms with E-state index in [1.807, 2.05) is 0 Å². The van der Waals surface area contributed by atoms with Gasteiger partial charge in [-0.05, 0) is 30.3 Å². The number of nitrogens with zero attached hydrogens (tertiary/aromatic N) is 2. The second-order valence-corrected chi connectivity index (χ2v) is 11.3. The van der Waals surface area contributed by atoms with Gasteiger partial charge < -0.3 is 39.1 Å².